The van der Waals surface area contributed by atoms with Gasteiger partial charge in [0, 0.05) is 5.56 Å². The van der Waals surface area contributed by atoms with Crippen molar-refractivity contribution >= 4 is 20.2 Å². The molecule has 234 valence electrons. The van der Waals surface area contributed by atoms with Crippen LogP contribution in [0.3, 0.4) is 0 Å². The molecule has 0 aliphatic heterocycles. The van der Waals surface area contributed by atoms with E-state index >= 15 is 0 Å². The van der Waals surface area contributed by atoms with Gasteiger partial charge in [-0.05, 0) is 60.9 Å². The van der Waals surface area contributed by atoms with Crippen LogP contribution >= 0.6 is 0 Å². The molecule has 0 spiro atoms. The highest BCUT2D eigenvalue weighted by atomic mass is 32.2. The molecule has 0 N–H and O–H groups in total. The molecule has 0 aliphatic carbocycles. The number of hydrogen-bond donors (Lipinski definition) is 0. The van der Waals surface area contributed by atoms with Crippen molar-refractivity contribution in [1.82, 2.24) is 0 Å². The lowest BCUT2D eigenvalue weighted by Crippen LogP contribution is -2.10. The summed E-state index contributed by atoms with van der Waals surface area (Å²) in [6.07, 6.45) is 1.69. The first-order valence-corrected chi connectivity index (χ1v) is 17.1. The van der Waals surface area contributed by atoms with Crippen molar-refractivity contribution in [3.8, 4) is 56.8 Å². The summed E-state index contributed by atoms with van der Waals surface area (Å²) in [4.78, 5) is 0. The molecule has 0 bridgehead atoms. The first kappa shape index (κ1) is 32.5. The summed E-state index contributed by atoms with van der Waals surface area (Å²) in [7, 11) is -4.93. The second-order valence-corrected chi connectivity index (χ2v) is 13.2. The third-order valence-corrected chi connectivity index (χ3v) is 7.07. The molecule has 0 amide bonds. The molecular formula is C32H34O10S2. The Bertz CT molecular complexity index is 1820. The van der Waals surface area contributed by atoms with Gasteiger partial charge in [-0.15, -0.1) is 0 Å². The topological polar surface area (TPSA) is 124 Å². The van der Waals surface area contributed by atoms with Crippen molar-refractivity contribution in [1.29, 1.82) is 0 Å². The Morgan fingerprint density at radius 3 is 1.86 bits per heavy atom. The predicted octanol–water partition coefficient (Wildman–Crippen LogP) is 6.08. The number of methoxy groups -OCH3 is 2. The molecule has 0 aliphatic rings. The summed E-state index contributed by atoms with van der Waals surface area (Å²) in [5.41, 5.74) is 2.79. The Balaban J connectivity index is 1.88. The summed E-state index contributed by atoms with van der Waals surface area (Å²) < 4.78 is 82.3. The molecule has 4 aromatic rings. The molecule has 0 aromatic heterocycles. The van der Waals surface area contributed by atoms with Crippen LogP contribution in [0.5, 0.6) is 34.5 Å². The normalized spacial score (nSPS) is 11.6. The van der Waals surface area contributed by atoms with Gasteiger partial charge in [-0.3, -0.25) is 0 Å². The van der Waals surface area contributed by atoms with E-state index in [1.165, 1.54) is 26.4 Å². The molecule has 4 rings (SSSR count). The monoisotopic (exact) mass is 642 g/mol. The number of rotatable bonds is 13. The zero-order valence-electron chi connectivity index (χ0n) is 25.2. The molecule has 0 unspecified atom stereocenters. The molecule has 0 atom stereocenters. The van der Waals surface area contributed by atoms with Crippen LogP contribution in [0, 0.1) is 0 Å². The van der Waals surface area contributed by atoms with Crippen LogP contribution in [0.4, 0.5) is 0 Å². The van der Waals surface area contributed by atoms with E-state index < -0.39 is 20.2 Å². The fourth-order valence-corrected chi connectivity index (χ4v) is 5.35. The smallest absolute Gasteiger partial charge is 0.306 e. The Morgan fingerprint density at radius 2 is 1.30 bits per heavy atom. The van der Waals surface area contributed by atoms with Crippen molar-refractivity contribution in [2.45, 2.75) is 26.6 Å². The zero-order chi connectivity index (χ0) is 32.1. The van der Waals surface area contributed by atoms with Crippen molar-refractivity contribution in [3.05, 3.63) is 84.4 Å². The van der Waals surface area contributed by atoms with E-state index in [1.54, 1.807) is 36.4 Å². The van der Waals surface area contributed by atoms with Gasteiger partial charge in [0.15, 0.2) is 23.0 Å². The lowest BCUT2D eigenvalue weighted by atomic mass is 9.96. The molecule has 44 heavy (non-hydrogen) atoms. The molecule has 0 saturated heterocycles. The van der Waals surface area contributed by atoms with Gasteiger partial charge in [0.25, 0.3) is 0 Å². The Labute approximate surface area is 258 Å². The van der Waals surface area contributed by atoms with Crippen LogP contribution in [0.15, 0.2) is 78.9 Å². The molecule has 10 nitrogen and oxygen atoms in total. The highest BCUT2D eigenvalue weighted by molar-refractivity contribution is 7.86. The van der Waals surface area contributed by atoms with E-state index in [4.69, 9.17) is 27.3 Å². The van der Waals surface area contributed by atoms with E-state index in [0.717, 1.165) is 18.1 Å². The van der Waals surface area contributed by atoms with Crippen LogP contribution < -0.4 is 27.3 Å². The van der Waals surface area contributed by atoms with E-state index in [9.17, 15) is 16.8 Å². The van der Waals surface area contributed by atoms with Gasteiger partial charge in [-0.1, -0.05) is 48.5 Å². The van der Waals surface area contributed by atoms with Gasteiger partial charge in [0.1, 0.15) is 18.1 Å². The molecule has 0 saturated carbocycles. The third-order valence-electron chi connectivity index (χ3n) is 6.10. The zero-order valence-corrected chi connectivity index (χ0v) is 26.8. The minimum atomic E-state index is -4.05. The summed E-state index contributed by atoms with van der Waals surface area (Å²) in [5.74, 6) is 1.33. The average molecular weight is 643 g/mol. The lowest BCUT2D eigenvalue weighted by molar-refractivity contribution is 0.218. The van der Waals surface area contributed by atoms with E-state index in [-0.39, 0.29) is 29.1 Å². The van der Waals surface area contributed by atoms with Crippen molar-refractivity contribution < 1.29 is 44.1 Å². The minimum Gasteiger partial charge on any atom is -0.496 e. The van der Waals surface area contributed by atoms with Crippen molar-refractivity contribution in [2.24, 2.45) is 0 Å². The fourth-order valence-electron chi connectivity index (χ4n) is 4.43. The number of benzene rings is 4. The minimum absolute atomic E-state index is 0.103. The van der Waals surface area contributed by atoms with Crippen molar-refractivity contribution in [3.63, 3.8) is 0 Å². The molecule has 0 radical (unpaired) electrons. The van der Waals surface area contributed by atoms with Crippen LogP contribution in [-0.2, 0) is 26.8 Å². The third kappa shape index (κ3) is 8.35. The maximum Gasteiger partial charge on any atom is 0.306 e. The first-order valence-electron chi connectivity index (χ1n) is 13.4. The second kappa shape index (κ2) is 13.5. The number of hydrogen-bond acceptors (Lipinski definition) is 10. The summed E-state index contributed by atoms with van der Waals surface area (Å²) in [5, 5.41) is 0. The lowest BCUT2D eigenvalue weighted by Gasteiger charge is -2.22. The summed E-state index contributed by atoms with van der Waals surface area (Å²) >= 11 is 0. The van der Waals surface area contributed by atoms with Gasteiger partial charge in [0.2, 0.25) is 0 Å². The van der Waals surface area contributed by atoms with Crippen LogP contribution in [0.25, 0.3) is 22.3 Å². The highest BCUT2D eigenvalue weighted by Gasteiger charge is 2.27. The van der Waals surface area contributed by atoms with E-state index in [0.29, 0.717) is 40.4 Å². The van der Waals surface area contributed by atoms with E-state index in [2.05, 4.69) is 0 Å². The second-order valence-electron chi connectivity index (χ2n) is 10.1. The highest BCUT2D eigenvalue weighted by Crippen LogP contribution is 2.51. The van der Waals surface area contributed by atoms with Gasteiger partial charge in [0.05, 0.1) is 38.4 Å². The van der Waals surface area contributed by atoms with Gasteiger partial charge < -0.3 is 27.3 Å². The Kier molecular flexibility index (Phi) is 9.95. The van der Waals surface area contributed by atoms with Crippen LogP contribution in [-0.4, -0.2) is 49.7 Å². The summed E-state index contributed by atoms with van der Waals surface area (Å²) in [6.45, 7) is 4.09. The predicted molar refractivity (Wildman–Crippen MR) is 168 cm³/mol. The molecular weight excluding hydrogens is 608 g/mol. The molecule has 0 fully saturated rings. The largest absolute Gasteiger partial charge is 0.496 e. The maximum atomic E-state index is 12.5. The molecule has 0 heterocycles. The standard InChI is InChI=1S/C32H34O10S2/c1-21(2)40-28-18-24(14-17-27(28)39-20-22-10-8-7-9-11-22)30-29(37-3)19-26(31(38-4)32(30)42-44(6,35)36)23-12-15-25(16-13-23)41-43(5,33)34/h7-19,21H,20H2,1-6H3. The molecule has 4 aromatic carbocycles. The van der Waals surface area contributed by atoms with E-state index in [1.807, 2.05) is 44.2 Å². The first-order chi connectivity index (χ1) is 20.8. The quantitative estimate of drug-likeness (QED) is 0.159. The maximum absolute atomic E-state index is 12.5. The summed E-state index contributed by atoms with van der Waals surface area (Å²) in [6, 6.07) is 22.7. The van der Waals surface area contributed by atoms with Crippen LogP contribution in [0.1, 0.15) is 19.4 Å². The number of ether oxygens (including phenoxy) is 4. The van der Waals surface area contributed by atoms with Gasteiger partial charge in [-0.2, -0.15) is 16.8 Å². The van der Waals surface area contributed by atoms with Gasteiger partial charge in [-0.25, -0.2) is 0 Å². The average Bonchev–Trinajstić information content (AvgIpc) is 2.95. The molecule has 12 heteroatoms. The Morgan fingerprint density at radius 1 is 0.659 bits per heavy atom. The fraction of sp³-hybridized carbons (Fsp3) is 0.250. The van der Waals surface area contributed by atoms with Crippen molar-refractivity contribution in [2.75, 3.05) is 26.7 Å². The SMILES string of the molecule is COc1cc(-c2ccc(OS(C)(=O)=O)cc2)c(OC)c(OS(C)(=O)=O)c1-c1ccc(OCc2ccccc2)c(OC(C)C)c1. The van der Waals surface area contributed by atoms with Gasteiger partial charge >= 0.3 is 20.2 Å². The van der Waals surface area contributed by atoms with Crippen LogP contribution in [0.2, 0.25) is 0 Å². The Hall–Kier alpha value is -4.42.